The van der Waals surface area contributed by atoms with Crippen molar-refractivity contribution in [3.8, 4) is 0 Å². The number of hydrogen-bond acceptors (Lipinski definition) is 5. The van der Waals surface area contributed by atoms with Crippen molar-refractivity contribution in [3.63, 3.8) is 0 Å². The fourth-order valence-corrected chi connectivity index (χ4v) is 2.47. The second-order valence-electron chi connectivity index (χ2n) is 5.04. The second kappa shape index (κ2) is 13.7. The zero-order chi connectivity index (χ0) is 16.0. The third-order valence-electron chi connectivity index (χ3n) is 3.19. The van der Waals surface area contributed by atoms with Gasteiger partial charge in [-0.2, -0.15) is 0 Å². The van der Waals surface area contributed by atoms with E-state index in [-0.39, 0.29) is 13.2 Å². The van der Waals surface area contributed by atoms with Gasteiger partial charge in [-0.3, -0.25) is 4.57 Å². The lowest BCUT2D eigenvalue weighted by Gasteiger charge is -2.22. The highest BCUT2D eigenvalue weighted by Crippen LogP contribution is 2.38. The molecule has 1 saturated heterocycles. The molecular weight excluding hydrogens is 293 g/mol. The highest BCUT2D eigenvalue weighted by atomic mass is 31.2. The first-order valence-electron chi connectivity index (χ1n) is 8.07. The van der Waals surface area contributed by atoms with Crippen LogP contribution >= 0.6 is 7.82 Å². The van der Waals surface area contributed by atoms with Gasteiger partial charge in [0.15, 0.2) is 0 Å². The van der Waals surface area contributed by atoms with E-state index in [1.54, 1.807) is 4.90 Å². The van der Waals surface area contributed by atoms with Crippen LogP contribution in [0.15, 0.2) is 0 Å². The molecule has 0 aromatic carbocycles. The van der Waals surface area contributed by atoms with Crippen molar-refractivity contribution in [1.29, 1.82) is 0 Å². The van der Waals surface area contributed by atoms with Crippen molar-refractivity contribution in [2.75, 3.05) is 46.1 Å². The number of quaternary nitrogens is 1. The predicted octanol–water partition coefficient (Wildman–Crippen LogP) is 1.01. The van der Waals surface area contributed by atoms with E-state index < -0.39 is 7.82 Å². The van der Waals surface area contributed by atoms with E-state index in [9.17, 15) is 9.46 Å². The van der Waals surface area contributed by atoms with Gasteiger partial charge in [-0.25, -0.2) is 0 Å². The number of nitrogens with one attached hydrogen (secondary N) is 1. The smallest absolute Gasteiger partial charge is 0.267 e. The first kappa shape index (κ1) is 21.0. The zero-order valence-electron chi connectivity index (χ0n) is 13.8. The average Bonchev–Trinajstić information content (AvgIpc) is 2.49. The number of ether oxygens (including phenoxy) is 1. The van der Waals surface area contributed by atoms with E-state index in [4.69, 9.17) is 4.74 Å². The minimum Gasteiger partial charge on any atom is -0.756 e. The molecule has 0 aliphatic carbocycles. The summed E-state index contributed by atoms with van der Waals surface area (Å²) in [6.07, 6.45) is 3.30. The minimum atomic E-state index is -4.00. The van der Waals surface area contributed by atoms with Crippen LogP contribution in [0.1, 0.15) is 46.5 Å². The second-order valence-corrected chi connectivity index (χ2v) is 6.45. The van der Waals surface area contributed by atoms with Gasteiger partial charge in [0.05, 0.1) is 33.0 Å². The molecule has 7 heteroatoms. The van der Waals surface area contributed by atoms with Crippen molar-refractivity contribution < 1.29 is 28.1 Å². The standard InChI is InChI=1S/C8H19O4P.C6H13NO/c1-3-5-7-11-13(9,10)12-8-6-4-2;1-2-7-3-5-8-6-4-7/h3-8H2,1-2H3,(H,9,10);2-6H2,1H3. The van der Waals surface area contributed by atoms with Crippen molar-refractivity contribution in [3.05, 3.63) is 0 Å². The number of rotatable bonds is 9. The summed E-state index contributed by atoms with van der Waals surface area (Å²) >= 11 is 0. The predicted molar refractivity (Wildman–Crippen MR) is 81.4 cm³/mol. The van der Waals surface area contributed by atoms with Gasteiger partial charge in [0.25, 0.3) is 7.82 Å². The van der Waals surface area contributed by atoms with Gasteiger partial charge >= 0.3 is 0 Å². The molecule has 0 amide bonds. The third-order valence-corrected chi connectivity index (χ3v) is 4.19. The lowest BCUT2D eigenvalue weighted by atomic mass is 10.4. The first-order chi connectivity index (χ1) is 10.1. The fraction of sp³-hybridized carbons (Fsp3) is 1.00. The first-order valence-corrected chi connectivity index (χ1v) is 9.53. The minimum absolute atomic E-state index is 0.226. The van der Waals surface area contributed by atoms with Gasteiger partial charge in [0.2, 0.25) is 0 Å². The van der Waals surface area contributed by atoms with E-state index >= 15 is 0 Å². The summed E-state index contributed by atoms with van der Waals surface area (Å²) in [6.45, 7) is 12.2. The summed E-state index contributed by atoms with van der Waals surface area (Å²) in [5.41, 5.74) is 0. The van der Waals surface area contributed by atoms with Gasteiger partial charge in [0.1, 0.15) is 13.1 Å². The Bertz CT molecular complexity index is 258. The summed E-state index contributed by atoms with van der Waals surface area (Å²) in [5, 5.41) is 0. The molecule has 1 N–H and O–H groups in total. The third kappa shape index (κ3) is 13.4. The van der Waals surface area contributed by atoms with Crippen LogP contribution in [0.25, 0.3) is 0 Å². The SMILES string of the molecule is CCCCOP(=O)([O-])OCCCC.CC[NH+]1CCOCC1. The van der Waals surface area contributed by atoms with E-state index in [1.807, 2.05) is 13.8 Å². The topological polar surface area (TPSA) is 72.3 Å². The van der Waals surface area contributed by atoms with E-state index in [0.29, 0.717) is 0 Å². The Hall–Kier alpha value is 0.0300. The highest BCUT2D eigenvalue weighted by Gasteiger charge is 2.09. The number of unbranched alkanes of at least 4 members (excludes halogenated alkanes) is 2. The highest BCUT2D eigenvalue weighted by molar-refractivity contribution is 7.45. The van der Waals surface area contributed by atoms with Gasteiger partial charge < -0.3 is 23.6 Å². The summed E-state index contributed by atoms with van der Waals surface area (Å²) in [6, 6.07) is 0. The molecule has 0 atom stereocenters. The molecule has 0 aromatic rings. The van der Waals surface area contributed by atoms with Crippen LogP contribution in [0.4, 0.5) is 0 Å². The van der Waals surface area contributed by atoms with Crippen LogP contribution in [0.2, 0.25) is 0 Å². The largest absolute Gasteiger partial charge is 0.756 e. The van der Waals surface area contributed by atoms with Crippen molar-refractivity contribution in [1.82, 2.24) is 0 Å². The molecule has 1 rings (SSSR count). The Labute approximate surface area is 129 Å². The Balaban J connectivity index is 0.000000423. The molecule has 21 heavy (non-hydrogen) atoms. The number of hydrogen-bond donors (Lipinski definition) is 1. The normalized spacial score (nSPS) is 16.4. The number of phosphoric acid groups is 1. The molecule has 1 aliphatic heterocycles. The number of likely N-dealkylation sites (N-methyl/N-ethyl adjacent to an activating group) is 1. The average molecular weight is 325 g/mol. The van der Waals surface area contributed by atoms with Crippen molar-refractivity contribution in [2.45, 2.75) is 46.5 Å². The van der Waals surface area contributed by atoms with Crippen molar-refractivity contribution >= 4 is 7.82 Å². The maximum absolute atomic E-state index is 11.0. The maximum Gasteiger partial charge on any atom is 0.267 e. The lowest BCUT2D eigenvalue weighted by Crippen LogP contribution is -3.13. The molecule has 1 fully saturated rings. The summed E-state index contributed by atoms with van der Waals surface area (Å²) in [5.74, 6) is 0. The Morgan fingerprint density at radius 1 is 1.05 bits per heavy atom. The zero-order valence-corrected chi connectivity index (χ0v) is 14.7. The monoisotopic (exact) mass is 325 g/mol. The molecule has 1 aliphatic rings. The van der Waals surface area contributed by atoms with Crippen molar-refractivity contribution in [2.24, 2.45) is 0 Å². The summed E-state index contributed by atoms with van der Waals surface area (Å²) < 4.78 is 25.3. The molecular formula is C14H32NO5P. The van der Waals surface area contributed by atoms with Crippen LogP contribution in [-0.4, -0.2) is 46.1 Å². The van der Waals surface area contributed by atoms with Crippen LogP contribution in [0.5, 0.6) is 0 Å². The molecule has 6 nitrogen and oxygen atoms in total. The number of morpholine rings is 1. The molecule has 0 saturated carbocycles. The molecule has 0 spiro atoms. The van der Waals surface area contributed by atoms with Gasteiger partial charge in [-0.1, -0.05) is 26.7 Å². The summed E-state index contributed by atoms with van der Waals surface area (Å²) in [7, 11) is -4.00. The van der Waals surface area contributed by atoms with Crippen LogP contribution < -0.4 is 9.79 Å². The quantitative estimate of drug-likeness (QED) is 0.506. The number of phosphoric ester groups is 1. The van der Waals surface area contributed by atoms with E-state index in [2.05, 4.69) is 16.0 Å². The van der Waals surface area contributed by atoms with E-state index in [1.165, 1.54) is 19.6 Å². The lowest BCUT2D eigenvalue weighted by molar-refractivity contribution is -0.906. The fourth-order valence-electron chi connectivity index (χ4n) is 1.69. The van der Waals surface area contributed by atoms with Crippen LogP contribution in [0, 0.1) is 0 Å². The maximum atomic E-state index is 11.0. The molecule has 128 valence electrons. The van der Waals surface area contributed by atoms with Gasteiger partial charge in [-0.15, -0.1) is 0 Å². The molecule has 0 unspecified atom stereocenters. The Kier molecular flexibility index (Phi) is 13.7. The van der Waals surface area contributed by atoms with Crippen LogP contribution in [-0.2, 0) is 18.3 Å². The van der Waals surface area contributed by atoms with Crippen LogP contribution in [0.3, 0.4) is 0 Å². The van der Waals surface area contributed by atoms with Gasteiger partial charge in [0, 0.05) is 0 Å². The molecule has 1 heterocycles. The molecule has 0 bridgehead atoms. The Morgan fingerprint density at radius 3 is 1.86 bits per heavy atom. The van der Waals surface area contributed by atoms with E-state index in [0.717, 1.165) is 38.9 Å². The molecule has 0 radical (unpaired) electrons. The summed E-state index contributed by atoms with van der Waals surface area (Å²) in [4.78, 5) is 12.6. The van der Waals surface area contributed by atoms with Gasteiger partial charge in [-0.05, 0) is 19.8 Å². The molecule has 0 aromatic heterocycles. The Morgan fingerprint density at radius 2 is 1.52 bits per heavy atom.